The minimum Gasteiger partial charge on any atom is -0.379 e. The van der Waals surface area contributed by atoms with Gasteiger partial charge in [-0.1, -0.05) is 80.6 Å². The molecule has 334 valence electrons. The number of nitrogens with two attached hydrogens (primary N) is 2. The minimum absolute atomic E-state index is 0.0572. The largest absolute Gasteiger partial charge is 0.379 e. The van der Waals surface area contributed by atoms with Gasteiger partial charge in [0, 0.05) is 54.0 Å². The van der Waals surface area contributed by atoms with Gasteiger partial charge in [0.05, 0.1) is 57.5 Å². The van der Waals surface area contributed by atoms with Gasteiger partial charge in [-0.25, -0.2) is 13.2 Å². The smallest absolute Gasteiger partial charge is 0.253 e. The maximum atomic E-state index is 15.1. The zero-order valence-corrected chi connectivity index (χ0v) is 36.3. The Balaban J connectivity index is 0.00000105. The SMILES string of the molecule is C=C(F)/C=C\C.CC.Cc1c(F)ccc(F)c1-c1c(C(=O)NCCC(N)=O)c[nH]c1C(=O)c1ccc(CCCOCCOCCOCCOCCN)cc1.Clc1ccccc1. The average Bonchev–Trinajstić information content (AvgIpc) is 3.68. The van der Waals surface area contributed by atoms with Gasteiger partial charge in [-0.2, -0.15) is 0 Å². The standard InChI is InChI=1S/C33H42F2N4O7.C6H5Cl.C5H7F.C2H6/c1-22-26(34)8-9-27(35)29(22)30-25(33(42)38-12-10-28(37)40)21-39-31(30)32(41)24-6-4-23(5-7-24)3-2-13-43-15-17-45-19-20-46-18-16-44-14-11-36;7-6-4-2-1-3-5-6;1-3-4-5(2)6;1-2/h4-9,21,39H,2-3,10-20,36H2,1H3,(H2,37,40)(H,38,42);1-5H;3-4H,2H2,1H3;1-2H3/b;;4-3-;. The van der Waals surface area contributed by atoms with Gasteiger partial charge in [0.2, 0.25) is 11.7 Å². The molecule has 0 bridgehead atoms. The molecule has 0 aliphatic heterocycles. The lowest BCUT2D eigenvalue weighted by molar-refractivity contribution is -0.117. The van der Waals surface area contributed by atoms with Crippen molar-refractivity contribution in [3.8, 4) is 11.1 Å². The molecule has 15 heteroatoms. The molecular weight excluding hydrogens is 813 g/mol. The van der Waals surface area contributed by atoms with Gasteiger partial charge in [0.1, 0.15) is 17.5 Å². The predicted octanol–water partition coefficient (Wildman–Crippen LogP) is 8.47. The molecule has 3 aromatic carbocycles. The van der Waals surface area contributed by atoms with E-state index in [1.807, 2.05) is 56.3 Å². The van der Waals surface area contributed by atoms with E-state index in [1.165, 1.54) is 19.2 Å². The third kappa shape index (κ3) is 21.8. The summed E-state index contributed by atoms with van der Waals surface area (Å²) in [6.07, 6.45) is 5.53. The summed E-state index contributed by atoms with van der Waals surface area (Å²) in [7, 11) is 0. The van der Waals surface area contributed by atoms with Gasteiger partial charge >= 0.3 is 0 Å². The Morgan fingerprint density at radius 3 is 1.87 bits per heavy atom. The Morgan fingerprint density at radius 1 is 0.820 bits per heavy atom. The molecule has 61 heavy (non-hydrogen) atoms. The second-order valence-corrected chi connectivity index (χ2v) is 13.0. The Morgan fingerprint density at radius 2 is 1.38 bits per heavy atom. The van der Waals surface area contributed by atoms with Crippen LogP contribution in [0.2, 0.25) is 5.02 Å². The number of hydrogen-bond acceptors (Lipinski definition) is 8. The number of carbonyl (C=O) groups excluding carboxylic acids is 3. The number of aromatic nitrogens is 1. The first-order chi connectivity index (χ1) is 29.4. The number of ketones is 1. The Labute approximate surface area is 362 Å². The number of ether oxygens (including phenoxy) is 4. The van der Waals surface area contributed by atoms with E-state index in [2.05, 4.69) is 16.9 Å². The van der Waals surface area contributed by atoms with Crippen molar-refractivity contribution in [3.05, 3.63) is 142 Å². The van der Waals surface area contributed by atoms with Crippen LogP contribution in [-0.4, -0.2) is 88.5 Å². The summed E-state index contributed by atoms with van der Waals surface area (Å²) in [5.74, 6) is -3.67. The van der Waals surface area contributed by atoms with E-state index in [1.54, 1.807) is 25.1 Å². The molecule has 6 N–H and O–H groups in total. The summed E-state index contributed by atoms with van der Waals surface area (Å²) >= 11 is 5.54. The normalized spacial score (nSPS) is 10.4. The molecule has 0 aliphatic carbocycles. The van der Waals surface area contributed by atoms with Crippen LogP contribution in [0.5, 0.6) is 0 Å². The van der Waals surface area contributed by atoms with Gasteiger partial charge in [0.15, 0.2) is 0 Å². The van der Waals surface area contributed by atoms with Crippen molar-refractivity contribution < 1.29 is 46.5 Å². The molecule has 11 nitrogen and oxygen atoms in total. The predicted molar refractivity (Wildman–Crippen MR) is 235 cm³/mol. The molecule has 1 aromatic heterocycles. The van der Waals surface area contributed by atoms with E-state index in [4.69, 9.17) is 42.0 Å². The van der Waals surface area contributed by atoms with Crippen molar-refractivity contribution in [1.82, 2.24) is 10.3 Å². The first-order valence-corrected chi connectivity index (χ1v) is 20.3. The monoisotopic (exact) mass is 872 g/mol. The maximum absolute atomic E-state index is 15.1. The third-order valence-corrected chi connectivity index (χ3v) is 8.29. The zero-order chi connectivity index (χ0) is 45.4. The fourth-order valence-electron chi connectivity index (χ4n) is 5.18. The van der Waals surface area contributed by atoms with Crippen molar-refractivity contribution in [2.24, 2.45) is 11.5 Å². The van der Waals surface area contributed by atoms with Crippen molar-refractivity contribution in [1.29, 1.82) is 0 Å². The molecule has 0 unspecified atom stereocenters. The van der Waals surface area contributed by atoms with Crippen LogP contribution in [0.4, 0.5) is 13.2 Å². The third-order valence-electron chi connectivity index (χ3n) is 8.04. The van der Waals surface area contributed by atoms with E-state index in [9.17, 15) is 23.2 Å². The minimum atomic E-state index is -0.794. The lowest BCUT2D eigenvalue weighted by Gasteiger charge is -2.13. The highest BCUT2D eigenvalue weighted by Crippen LogP contribution is 2.35. The number of nitrogens with one attached hydrogen (secondary N) is 2. The fraction of sp³-hybridized carbons (Fsp3) is 0.370. The van der Waals surface area contributed by atoms with Crippen LogP contribution in [0.3, 0.4) is 0 Å². The summed E-state index contributed by atoms with van der Waals surface area (Å²) in [6, 6.07) is 18.3. The molecule has 0 aliphatic rings. The van der Waals surface area contributed by atoms with Crippen LogP contribution in [0, 0.1) is 18.6 Å². The molecule has 4 aromatic rings. The maximum Gasteiger partial charge on any atom is 0.253 e. The van der Waals surface area contributed by atoms with Crippen LogP contribution in [-0.2, 0) is 30.2 Å². The van der Waals surface area contributed by atoms with E-state index in [-0.39, 0.29) is 40.9 Å². The van der Waals surface area contributed by atoms with Gasteiger partial charge in [0.25, 0.3) is 5.91 Å². The number of allylic oxidation sites excluding steroid dienone is 3. The highest BCUT2D eigenvalue weighted by Gasteiger charge is 2.27. The average molecular weight is 873 g/mol. The molecule has 0 radical (unpaired) electrons. The van der Waals surface area contributed by atoms with Crippen LogP contribution < -0.4 is 16.8 Å². The van der Waals surface area contributed by atoms with Gasteiger partial charge in [-0.15, -0.1) is 0 Å². The molecule has 2 amide bonds. The summed E-state index contributed by atoms with van der Waals surface area (Å²) in [5, 5.41) is 3.32. The number of aryl methyl sites for hydroxylation is 1. The van der Waals surface area contributed by atoms with Crippen molar-refractivity contribution >= 4 is 29.2 Å². The Hall–Kier alpha value is -5.09. The number of carbonyl (C=O) groups is 3. The number of hydrogen-bond donors (Lipinski definition) is 4. The first-order valence-electron chi connectivity index (χ1n) is 20.0. The van der Waals surface area contributed by atoms with Gasteiger partial charge in [-0.05, 0) is 68.2 Å². The number of aromatic amines is 1. The summed E-state index contributed by atoms with van der Waals surface area (Å²) in [4.78, 5) is 40.5. The van der Waals surface area contributed by atoms with Gasteiger partial charge < -0.3 is 40.7 Å². The molecular formula is C46H60ClF3N4O7. The molecule has 0 saturated carbocycles. The highest BCUT2D eigenvalue weighted by molar-refractivity contribution is 6.30. The fourth-order valence-corrected chi connectivity index (χ4v) is 5.33. The molecule has 0 saturated heterocycles. The van der Waals surface area contributed by atoms with E-state index >= 15 is 4.39 Å². The summed E-state index contributed by atoms with van der Waals surface area (Å²) in [5.41, 5.74) is 11.3. The number of benzene rings is 3. The lowest BCUT2D eigenvalue weighted by Crippen LogP contribution is -2.28. The first kappa shape index (κ1) is 53.9. The van der Waals surface area contributed by atoms with E-state index < -0.39 is 35.1 Å². The number of amides is 2. The summed E-state index contributed by atoms with van der Waals surface area (Å²) < 4.78 is 62.7. The molecule has 0 atom stereocenters. The van der Waals surface area contributed by atoms with E-state index in [0.717, 1.165) is 29.1 Å². The lowest BCUT2D eigenvalue weighted by atomic mass is 9.92. The molecule has 1 heterocycles. The second kappa shape index (κ2) is 32.7. The Kier molecular flexibility index (Phi) is 28.9. The highest BCUT2D eigenvalue weighted by atomic mass is 35.5. The Bertz CT molecular complexity index is 1910. The zero-order valence-electron chi connectivity index (χ0n) is 35.5. The van der Waals surface area contributed by atoms with Crippen LogP contribution in [0.1, 0.15) is 71.1 Å². The van der Waals surface area contributed by atoms with Crippen molar-refractivity contribution in [2.75, 3.05) is 65.9 Å². The van der Waals surface area contributed by atoms with E-state index in [0.29, 0.717) is 71.4 Å². The van der Waals surface area contributed by atoms with Gasteiger partial charge in [-0.3, -0.25) is 14.4 Å². The molecule has 0 fully saturated rings. The molecule has 0 spiro atoms. The van der Waals surface area contributed by atoms with Crippen molar-refractivity contribution in [3.63, 3.8) is 0 Å². The van der Waals surface area contributed by atoms with Crippen molar-refractivity contribution in [2.45, 2.75) is 47.0 Å². The number of halogens is 4. The van der Waals surface area contributed by atoms with Crippen LogP contribution >= 0.6 is 11.6 Å². The quantitative estimate of drug-likeness (QED) is 0.0327. The van der Waals surface area contributed by atoms with Crippen LogP contribution in [0.15, 0.2) is 97.5 Å². The number of rotatable bonds is 23. The number of primary amides is 1. The molecule has 4 rings (SSSR count). The van der Waals surface area contributed by atoms with Crippen LogP contribution in [0.25, 0.3) is 11.1 Å². The second-order valence-electron chi connectivity index (χ2n) is 12.6. The number of H-pyrrole nitrogens is 1. The summed E-state index contributed by atoms with van der Waals surface area (Å²) in [6.45, 7) is 14.5. The topological polar surface area (TPSA) is 168 Å².